The first kappa shape index (κ1) is 13.0. The van der Waals surface area contributed by atoms with Crippen LogP contribution in [0.1, 0.15) is 41.7 Å². The van der Waals surface area contributed by atoms with Gasteiger partial charge in [-0.05, 0) is 31.9 Å². The smallest absolute Gasteiger partial charge is 0.254 e. The largest absolute Gasteiger partial charge is 0.334 e. The molecule has 1 saturated carbocycles. The maximum absolute atomic E-state index is 12.5. The van der Waals surface area contributed by atoms with Crippen molar-refractivity contribution in [3.05, 3.63) is 29.6 Å². The van der Waals surface area contributed by atoms with Crippen LogP contribution in [-0.4, -0.2) is 34.9 Å². The average molecular weight is 247 g/mol. The summed E-state index contributed by atoms with van der Waals surface area (Å²) < 4.78 is 0. The van der Waals surface area contributed by atoms with Crippen LogP contribution in [0.3, 0.4) is 0 Å². The van der Waals surface area contributed by atoms with E-state index in [1.165, 1.54) is 12.8 Å². The van der Waals surface area contributed by atoms with Crippen molar-refractivity contribution in [1.82, 2.24) is 9.88 Å². The van der Waals surface area contributed by atoms with Crippen LogP contribution in [-0.2, 0) is 0 Å². The van der Waals surface area contributed by atoms with Gasteiger partial charge in [-0.3, -0.25) is 9.78 Å². The third kappa shape index (κ3) is 2.88. The maximum Gasteiger partial charge on any atom is 0.254 e. The lowest BCUT2D eigenvalue weighted by atomic mass is 10.1. The van der Waals surface area contributed by atoms with Crippen LogP contribution >= 0.6 is 0 Å². The number of pyridine rings is 1. The third-order valence-corrected chi connectivity index (χ3v) is 3.54. The summed E-state index contributed by atoms with van der Waals surface area (Å²) in [4.78, 5) is 18.6. The Morgan fingerprint density at radius 2 is 2.22 bits per heavy atom. The molecule has 1 aromatic heterocycles. The number of nitrogens with two attached hydrogens (primary N) is 1. The summed E-state index contributed by atoms with van der Waals surface area (Å²) in [5, 5.41) is 0. The van der Waals surface area contributed by atoms with E-state index < -0.39 is 0 Å². The lowest BCUT2D eigenvalue weighted by molar-refractivity contribution is 0.0688. The SMILES string of the molecule is Cc1cc(C(=O)N(CCN)C2CCCC2)ccn1. The Labute approximate surface area is 108 Å². The van der Waals surface area contributed by atoms with Crippen molar-refractivity contribution in [2.24, 2.45) is 5.73 Å². The predicted octanol–water partition coefficient (Wildman–Crippen LogP) is 1.73. The van der Waals surface area contributed by atoms with Crippen LogP contribution in [0.4, 0.5) is 0 Å². The van der Waals surface area contributed by atoms with Crippen molar-refractivity contribution in [3.8, 4) is 0 Å². The Morgan fingerprint density at radius 1 is 1.50 bits per heavy atom. The van der Waals surface area contributed by atoms with Gasteiger partial charge in [0.05, 0.1) is 0 Å². The van der Waals surface area contributed by atoms with Crippen molar-refractivity contribution >= 4 is 5.91 Å². The van der Waals surface area contributed by atoms with Gasteiger partial charge in [0.25, 0.3) is 5.91 Å². The number of amides is 1. The third-order valence-electron chi connectivity index (χ3n) is 3.54. The molecule has 4 heteroatoms. The highest BCUT2D eigenvalue weighted by molar-refractivity contribution is 5.94. The topological polar surface area (TPSA) is 59.2 Å². The van der Waals surface area contributed by atoms with Gasteiger partial charge < -0.3 is 10.6 Å². The van der Waals surface area contributed by atoms with Gasteiger partial charge in [-0.15, -0.1) is 0 Å². The molecule has 2 N–H and O–H groups in total. The Morgan fingerprint density at radius 3 is 2.83 bits per heavy atom. The fraction of sp³-hybridized carbons (Fsp3) is 0.571. The highest BCUT2D eigenvalue weighted by Crippen LogP contribution is 2.24. The minimum atomic E-state index is 0.0952. The number of aromatic nitrogens is 1. The molecule has 18 heavy (non-hydrogen) atoms. The van der Waals surface area contributed by atoms with Crippen LogP contribution in [0.25, 0.3) is 0 Å². The fourth-order valence-corrected chi connectivity index (χ4v) is 2.65. The molecule has 0 aliphatic heterocycles. The van der Waals surface area contributed by atoms with Gasteiger partial charge in [0.1, 0.15) is 0 Å². The molecule has 0 radical (unpaired) electrons. The minimum absolute atomic E-state index is 0.0952. The molecular formula is C14H21N3O. The molecule has 1 aliphatic carbocycles. The second-order valence-corrected chi connectivity index (χ2v) is 4.91. The van der Waals surface area contributed by atoms with Crippen molar-refractivity contribution in [1.29, 1.82) is 0 Å². The van der Waals surface area contributed by atoms with Gasteiger partial charge in [-0.25, -0.2) is 0 Å². The van der Waals surface area contributed by atoms with E-state index in [-0.39, 0.29) is 5.91 Å². The molecule has 1 fully saturated rings. The van der Waals surface area contributed by atoms with E-state index >= 15 is 0 Å². The van der Waals surface area contributed by atoms with E-state index in [4.69, 9.17) is 5.73 Å². The number of hydrogen-bond acceptors (Lipinski definition) is 3. The fourth-order valence-electron chi connectivity index (χ4n) is 2.65. The summed E-state index contributed by atoms with van der Waals surface area (Å²) in [7, 11) is 0. The van der Waals surface area contributed by atoms with Crippen molar-refractivity contribution < 1.29 is 4.79 Å². The van der Waals surface area contributed by atoms with Crippen LogP contribution in [0.5, 0.6) is 0 Å². The number of nitrogens with zero attached hydrogens (tertiary/aromatic N) is 2. The second-order valence-electron chi connectivity index (χ2n) is 4.91. The van der Waals surface area contributed by atoms with Gasteiger partial charge in [-0.1, -0.05) is 12.8 Å². The molecule has 0 unspecified atom stereocenters. The average Bonchev–Trinajstić information content (AvgIpc) is 2.89. The normalized spacial score (nSPS) is 15.9. The maximum atomic E-state index is 12.5. The minimum Gasteiger partial charge on any atom is -0.334 e. The molecule has 1 aliphatic rings. The Kier molecular flexibility index (Phi) is 4.31. The number of carbonyl (C=O) groups excluding carboxylic acids is 1. The Bertz CT molecular complexity index is 413. The molecule has 0 saturated heterocycles. The summed E-state index contributed by atoms with van der Waals surface area (Å²) in [6.07, 6.45) is 6.34. The zero-order chi connectivity index (χ0) is 13.0. The first-order valence-electron chi connectivity index (χ1n) is 6.66. The molecule has 1 heterocycles. The molecule has 1 aromatic rings. The number of rotatable bonds is 4. The molecule has 98 valence electrons. The summed E-state index contributed by atoms with van der Waals surface area (Å²) in [5.41, 5.74) is 7.24. The van der Waals surface area contributed by atoms with Gasteiger partial charge in [0, 0.05) is 36.6 Å². The zero-order valence-electron chi connectivity index (χ0n) is 10.9. The van der Waals surface area contributed by atoms with Gasteiger partial charge >= 0.3 is 0 Å². The lowest BCUT2D eigenvalue weighted by Gasteiger charge is -2.28. The highest BCUT2D eigenvalue weighted by atomic mass is 16.2. The summed E-state index contributed by atoms with van der Waals surface area (Å²) in [6.45, 7) is 3.07. The first-order valence-corrected chi connectivity index (χ1v) is 6.66. The highest BCUT2D eigenvalue weighted by Gasteiger charge is 2.26. The van der Waals surface area contributed by atoms with Crippen LogP contribution in [0, 0.1) is 6.92 Å². The number of carbonyl (C=O) groups is 1. The molecule has 0 atom stereocenters. The van der Waals surface area contributed by atoms with E-state index in [2.05, 4.69) is 4.98 Å². The van der Waals surface area contributed by atoms with E-state index in [9.17, 15) is 4.79 Å². The van der Waals surface area contributed by atoms with Crippen LogP contribution in [0.2, 0.25) is 0 Å². The molecule has 0 bridgehead atoms. The summed E-state index contributed by atoms with van der Waals surface area (Å²) in [5.74, 6) is 0.0952. The summed E-state index contributed by atoms with van der Waals surface area (Å²) in [6, 6.07) is 4.00. The molecule has 0 spiro atoms. The van der Waals surface area contributed by atoms with E-state index in [1.807, 2.05) is 17.9 Å². The first-order chi connectivity index (χ1) is 8.72. The van der Waals surface area contributed by atoms with Crippen LogP contribution in [0.15, 0.2) is 18.3 Å². The number of aryl methyl sites for hydroxylation is 1. The lowest BCUT2D eigenvalue weighted by Crippen LogP contribution is -2.42. The van der Waals surface area contributed by atoms with E-state index in [0.29, 0.717) is 19.1 Å². The standard InChI is InChI=1S/C14H21N3O/c1-11-10-12(6-8-16-11)14(18)17(9-7-15)13-4-2-3-5-13/h6,8,10,13H,2-5,7,9,15H2,1H3. The molecule has 0 aromatic carbocycles. The van der Waals surface area contributed by atoms with Crippen LogP contribution < -0.4 is 5.73 Å². The van der Waals surface area contributed by atoms with Gasteiger partial charge in [0.15, 0.2) is 0 Å². The molecule has 2 rings (SSSR count). The van der Waals surface area contributed by atoms with Gasteiger partial charge in [-0.2, -0.15) is 0 Å². The quantitative estimate of drug-likeness (QED) is 0.881. The van der Waals surface area contributed by atoms with Crippen molar-refractivity contribution in [2.75, 3.05) is 13.1 Å². The van der Waals surface area contributed by atoms with Gasteiger partial charge in [0.2, 0.25) is 0 Å². The summed E-state index contributed by atoms with van der Waals surface area (Å²) >= 11 is 0. The molecule has 1 amide bonds. The predicted molar refractivity (Wildman–Crippen MR) is 71.3 cm³/mol. The van der Waals surface area contributed by atoms with E-state index in [1.54, 1.807) is 12.3 Å². The van der Waals surface area contributed by atoms with E-state index in [0.717, 1.165) is 24.1 Å². The Hall–Kier alpha value is -1.42. The molecular weight excluding hydrogens is 226 g/mol. The monoisotopic (exact) mass is 247 g/mol. The molecule has 4 nitrogen and oxygen atoms in total. The second kappa shape index (κ2) is 5.96. The zero-order valence-corrected chi connectivity index (χ0v) is 10.9. The van der Waals surface area contributed by atoms with Crippen molar-refractivity contribution in [3.63, 3.8) is 0 Å². The Balaban J connectivity index is 2.17. The van der Waals surface area contributed by atoms with Crippen molar-refractivity contribution in [2.45, 2.75) is 38.6 Å². The number of hydrogen-bond donors (Lipinski definition) is 1.